The smallest absolute Gasteiger partial charge is 0.242 e. The number of halogens is 1. The van der Waals surface area contributed by atoms with Crippen molar-refractivity contribution in [3.05, 3.63) is 59.4 Å². The van der Waals surface area contributed by atoms with E-state index in [4.69, 9.17) is 5.73 Å². The minimum absolute atomic E-state index is 0.0413. The predicted octanol–water partition coefficient (Wildman–Crippen LogP) is 2.36. The van der Waals surface area contributed by atoms with Crippen molar-refractivity contribution in [2.45, 2.75) is 24.2 Å². The highest BCUT2D eigenvalue weighted by molar-refractivity contribution is 7.89. The van der Waals surface area contributed by atoms with Crippen molar-refractivity contribution in [3.63, 3.8) is 0 Å². The van der Waals surface area contributed by atoms with Crippen LogP contribution in [0.15, 0.2) is 52.4 Å². The molecule has 0 heterocycles. The lowest BCUT2D eigenvalue weighted by Gasteiger charge is -2.16. The molecule has 6 nitrogen and oxygen atoms in total. The van der Waals surface area contributed by atoms with Crippen LogP contribution in [0.3, 0.4) is 0 Å². The van der Waals surface area contributed by atoms with Gasteiger partial charge in [0.05, 0.1) is 11.4 Å². The summed E-state index contributed by atoms with van der Waals surface area (Å²) in [6.07, 6.45) is 3.37. The van der Waals surface area contributed by atoms with E-state index in [1.165, 1.54) is 41.0 Å². The SMILES string of the molecule is CN(CCN=C(N)Nc1ccc2c(c1)CCC2)S(=O)(=O)c1ccc(F)cc1. The highest BCUT2D eigenvalue weighted by Crippen LogP contribution is 2.24. The van der Waals surface area contributed by atoms with Gasteiger partial charge in [-0.15, -0.1) is 0 Å². The minimum atomic E-state index is -3.68. The van der Waals surface area contributed by atoms with E-state index in [0.717, 1.165) is 30.7 Å². The predicted molar refractivity (Wildman–Crippen MR) is 105 cm³/mol. The van der Waals surface area contributed by atoms with Gasteiger partial charge in [-0.05, 0) is 66.8 Å². The number of nitrogens with zero attached hydrogens (tertiary/aromatic N) is 2. The van der Waals surface area contributed by atoms with E-state index in [9.17, 15) is 12.8 Å². The summed E-state index contributed by atoms with van der Waals surface area (Å²) in [6.45, 7) is 0.368. The van der Waals surface area contributed by atoms with E-state index in [-0.39, 0.29) is 23.9 Å². The zero-order chi connectivity index (χ0) is 19.4. The number of guanidine groups is 1. The first-order valence-corrected chi connectivity index (χ1v) is 10.2. The van der Waals surface area contributed by atoms with Crippen molar-refractivity contribution < 1.29 is 12.8 Å². The van der Waals surface area contributed by atoms with E-state index < -0.39 is 15.8 Å². The van der Waals surface area contributed by atoms with Gasteiger partial charge in [-0.1, -0.05) is 6.07 Å². The quantitative estimate of drug-likeness (QED) is 0.585. The summed E-state index contributed by atoms with van der Waals surface area (Å²) in [5.41, 5.74) is 9.49. The summed E-state index contributed by atoms with van der Waals surface area (Å²) < 4.78 is 39.0. The topological polar surface area (TPSA) is 87.8 Å². The molecule has 3 N–H and O–H groups in total. The van der Waals surface area contributed by atoms with E-state index in [0.29, 0.717) is 0 Å². The van der Waals surface area contributed by atoms with Gasteiger partial charge in [-0.2, -0.15) is 4.31 Å². The Morgan fingerprint density at radius 3 is 2.63 bits per heavy atom. The second-order valence-corrected chi connectivity index (χ2v) is 8.55. The monoisotopic (exact) mass is 390 g/mol. The van der Waals surface area contributed by atoms with Gasteiger partial charge in [0.25, 0.3) is 0 Å². The summed E-state index contributed by atoms with van der Waals surface area (Å²) >= 11 is 0. The molecule has 27 heavy (non-hydrogen) atoms. The molecule has 8 heteroatoms. The van der Waals surface area contributed by atoms with Crippen LogP contribution in [0.2, 0.25) is 0 Å². The molecule has 0 fully saturated rings. The number of aliphatic imine (C=N–C) groups is 1. The second-order valence-electron chi connectivity index (χ2n) is 6.51. The number of nitrogens with two attached hydrogens (primary N) is 1. The summed E-state index contributed by atoms with van der Waals surface area (Å²) in [5, 5.41) is 3.04. The van der Waals surface area contributed by atoms with Crippen LogP contribution in [0.5, 0.6) is 0 Å². The molecule has 0 radical (unpaired) electrons. The van der Waals surface area contributed by atoms with Crippen LogP contribution in [0.1, 0.15) is 17.5 Å². The number of rotatable bonds is 6. The number of fused-ring (bicyclic) bond motifs is 1. The van der Waals surface area contributed by atoms with Crippen LogP contribution in [-0.2, 0) is 22.9 Å². The van der Waals surface area contributed by atoms with Crippen LogP contribution in [0.25, 0.3) is 0 Å². The van der Waals surface area contributed by atoms with Gasteiger partial charge in [-0.3, -0.25) is 4.99 Å². The maximum Gasteiger partial charge on any atom is 0.242 e. The molecule has 0 unspecified atom stereocenters. The average Bonchev–Trinajstić information content (AvgIpc) is 3.09. The van der Waals surface area contributed by atoms with E-state index >= 15 is 0 Å². The third kappa shape index (κ3) is 4.64. The van der Waals surface area contributed by atoms with Gasteiger partial charge in [0.2, 0.25) is 10.0 Å². The molecule has 0 aromatic heterocycles. The van der Waals surface area contributed by atoms with E-state index in [2.05, 4.69) is 22.4 Å². The van der Waals surface area contributed by atoms with Gasteiger partial charge >= 0.3 is 0 Å². The van der Waals surface area contributed by atoms with Crippen molar-refractivity contribution in [1.29, 1.82) is 0 Å². The lowest BCUT2D eigenvalue weighted by atomic mass is 10.1. The standard InChI is InChI=1S/C19H23FN4O2S/c1-24(27(25,26)18-9-6-16(20)7-10-18)12-11-22-19(21)23-17-8-5-14-3-2-4-15(14)13-17/h5-10,13H,2-4,11-12H2,1H3,(H3,21,22,23). The van der Waals surface area contributed by atoms with Crippen molar-refractivity contribution in [3.8, 4) is 0 Å². The van der Waals surface area contributed by atoms with Gasteiger partial charge < -0.3 is 11.1 Å². The molecular weight excluding hydrogens is 367 g/mol. The highest BCUT2D eigenvalue weighted by atomic mass is 32.2. The maximum absolute atomic E-state index is 13.0. The van der Waals surface area contributed by atoms with Crippen LogP contribution in [0.4, 0.5) is 10.1 Å². The number of nitrogens with one attached hydrogen (secondary N) is 1. The second kappa shape index (κ2) is 8.06. The number of likely N-dealkylation sites (N-methyl/N-ethyl adjacent to an activating group) is 1. The molecule has 0 atom stereocenters. The molecular formula is C19H23FN4O2S. The van der Waals surface area contributed by atoms with Crippen LogP contribution < -0.4 is 11.1 Å². The zero-order valence-corrected chi connectivity index (χ0v) is 16.0. The Kier molecular flexibility index (Phi) is 5.76. The van der Waals surface area contributed by atoms with E-state index in [1.54, 1.807) is 0 Å². The molecule has 0 aliphatic heterocycles. The number of benzene rings is 2. The van der Waals surface area contributed by atoms with Crippen molar-refractivity contribution in [2.75, 3.05) is 25.5 Å². The number of hydrogen-bond donors (Lipinski definition) is 2. The molecule has 144 valence electrons. The van der Waals surface area contributed by atoms with E-state index in [1.807, 2.05) is 6.07 Å². The van der Waals surface area contributed by atoms with Gasteiger partial charge in [0, 0.05) is 19.3 Å². The molecule has 0 saturated heterocycles. The summed E-state index contributed by atoms with van der Waals surface area (Å²) in [4.78, 5) is 4.23. The lowest BCUT2D eigenvalue weighted by Crippen LogP contribution is -2.30. The molecule has 0 spiro atoms. The molecule has 3 rings (SSSR count). The first kappa shape index (κ1) is 19.3. The fourth-order valence-corrected chi connectivity index (χ4v) is 4.22. The normalized spacial score (nSPS) is 14.4. The molecule has 0 saturated carbocycles. The molecule has 0 amide bonds. The Morgan fingerprint density at radius 1 is 1.19 bits per heavy atom. The first-order chi connectivity index (χ1) is 12.9. The first-order valence-electron chi connectivity index (χ1n) is 8.77. The fraction of sp³-hybridized carbons (Fsp3) is 0.316. The average molecular weight is 390 g/mol. The maximum atomic E-state index is 13.0. The number of aryl methyl sites for hydroxylation is 2. The van der Waals surface area contributed by atoms with Gasteiger partial charge in [0.15, 0.2) is 5.96 Å². The largest absolute Gasteiger partial charge is 0.370 e. The third-order valence-electron chi connectivity index (χ3n) is 4.59. The third-order valence-corrected chi connectivity index (χ3v) is 6.46. The number of anilines is 1. The van der Waals surface area contributed by atoms with Crippen molar-refractivity contribution >= 4 is 21.7 Å². The summed E-state index contributed by atoms with van der Waals surface area (Å²) in [6, 6.07) is 10.9. The number of sulfonamides is 1. The Balaban J connectivity index is 1.56. The Labute approximate surface area is 159 Å². The van der Waals surface area contributed by atoms with Gasteiger partial charge in [0.1, 0.15) is 5.82 Å². The summed E-state index contributed by atoms with van der Waals surface area (Å²) in [7, 11) is -2.23. The molecule has 1 aliphatic carbocycles. The van der Waals surface area contributed by atoms with Crippen LogP contribution in [-0.4, -0.2) is 38.8 Å². The Bertz CT molecular complexity index is 943. The zero-order valence-electron chi connectivity index (χ0n) is 15.2. The number of hydrogen-bond acceptors (Lipinski definition) is 3. The summed E-state index contributed by atoms with van der Waals surface area (Å²) in [5.74, 6) is -0.243. The highest BCUT2D eigenvalue weighted by Gasteiger charge is 2.20. The molecule has 1 aliphatic rings. The fourth-order valence-electron chi connectivity index (χ4n) is 3.05. The van der Waals surface area contributed by atoms with Crippen LogP contribution >= 0.6 is 0 Å². The van der Waals surface area contributed by atoms with Crippen molar-refractivity contribution in [1.82, 2.24) is 4.31 Å². The molecule has 2 aromatic carbocycles. The van der Waals surface area contributed by atoms with Crippen molar-refractivity contribution in [2.24, 2.45) is 10.7 Å². The van der Waals surface area contributed by atoms with Crippen LogP contribution in [0, 0.1) is 5.82 Å². The Morgan fingerprint density at radius 2 is 1.89 bits per heavy atom. The Hall–Kier alpha value is -2.45. The lowest BCUT2D eigenvalue weighted by molar-refractivity contribution is 0.477. The minimum Gasteiger partial charge on any atom is -0.370 e. The van der Waals surface area contributed by atoms with Gasteiger partial charge in [-0.25, -0.2) is 12.8 Å². The molecule has 0 bridgehead atoms. The molecule has 2 aromatic rings.